The fourth-order valence-corrected chi connectivity index (χ4v) is 3.18. The molecule has 0 aliphatic rings. The Morgan fingerprint density at radius 1 is 1.12 bits per heavy atom. The van der Waals surface area contributed by atoms with E-state index < -0.39 is 29.5 Å². The summed E-state index contributed by atoms with van der Waals surface area (Å²) in [4.78, 5) is 8.75. The van der Waals surface area contributed by atoms with E-state index in [1.54, 1.807) is 32.9 Å². The molecule has 0 bridgehead atoms. The van der Waals surface area contributed by atoms with Gasteiger partial charge in [0.2, 0.25) is 0 Å². The van der Waals surface area contributed by atoms with Crippen LogP contribution in [0.5, 0.6) is 11.5 Å². The molecule has 0 radical (unpaired) electrons. The molecular weight excluding hydrogens is 439 g/mol. The second-order valence-electron chi connectivity index (χ2n) is 8.24. The van der Waals surface area contributed by atoms with Crippen molar-refractivity contribution < 1.29 is 32.9 Å². The normalized spacial score (nSPS) is 12.2. The molecule has 3 rings (SSSR count). The zero-order valence-electron chi connectivity index (χ0n) is 18.7. The van der Waals surface area contributed by atoms with Gasteiger partial charge in [-0.1, -0.05) is 12.1 Å². The van der Waals surface area contributed by atoms with E-state index in [9.17, 15) is 18.3 Å². The maximum atomic E-state index is 14.7. The molecule has 1 heterocycles. The summed E-state index contributed by atoms with van der Waals surface area (Å²) in [7, 11) is 1.48. The van der Waals surface area contributed by atoms with E-state index >= 15 is 0 Å². The lowest BCUT2D eigenvalue weighted by Gasteiger charge is -2.20. The second-order valence-corrected chi connectivity index (χ2v) is 8.24. The van der Waals surface area contributed by atoms with Gasteiger partial charge >= 0.3 is 0 Å². The summed E-state index contributed by atoms with van der Waals surface area (Å²) < 4.78 is 53.5. The van der Waals surface area contributed by atoms with Gasteiger partial charge in [0.15, 0.2) is 11.5 Å². The highest BCUT2D eigenvalue weighted by Crippen LogP contribution is 2.35. The molecule has 3 aromatic rings. The Balaban J connectivity index is 1.97. The van der Waals surface area contributed by atoms with E-state index in [0.29, 0.717) is 34.0 Å². The molecule has 7 nitrogen and oxygen atoms in total. The van der Waals surface area contributed by atoms with Crippen LogP contribution in [0.3, 0.4) is 0 Å². The summed E-state index contributed by atoms with van der Waals surface area (Å²) in [6.45, 7) is 3.25. The Labute approximate surface area is 189 Å². The van der Waals surface area contributed by atoms with E-state index in [1.165, 1.54) is 19.2 Å². The van der Waals surface area contributed by atoms with Crippen molar-refractivity contribution in [2.45, 2.75) is 38.8 Å². The first kappa shape index (κ1) is 24.5. The minimum Gasteiger partial charge on any atom is -0.493 e. The van der Waals surface area contributed by atoms with Crippen molar-refractivity contribution in [2.24, 2.45) is 0 Å². The average Bonchev–Trinajstić information content (AvgIpc) is 2.75. The Hall–Kier alpha value is -3.11. The van der Waals surface area contributed by atoms with Gasteiger partial charge in [-0.2, -0.15) is 8.78 Å². The van der Waals surface area contributed by atoms with Crippen molar-refractivity contribution in [3.63, 3.8) is 0 Å². The predicted octanol–water partition coefficient (Wildman–Crippen LogP) is 3.93. The minimum atomic E-state index is -3.69. The van der Waals surface area contributed by atoms with Gasteiger partial charge in [0.1, 0.15) is 30.7 Å². The van der Waals surface area contributed by atoms with E-state index in [4.69, 9.17) is 14.6 Å². The minimum absolute atomic E-state index is 0.00141. The molecule has 0 aliphatic heterocycles. The van der Waals surface area contributed by atoms with E-state index in [2.05, 4.69) is 15.3 Å². The number of aliphatic hydroxyl groups is 2. The van der Waals surface area contributed by atoms with Gasteiger partial charge in [0.05, 0.1) is 23.8 Å². The Morgan fingerprint density at radius 3 is 2.48 bits per heavy atom. The van der Waals surface area contributed by atoms with Gasteiger partial charge in [-0.05, 0) is 32.9 Å². The van der Waals surface area contributed by atoms with E-state index in [-0.39, 0.29) is 18.7 Å². The third-order valence-corrected chi connectivity index (χ3v) is 4.79. The third kappa shape index (κ3) is 5.63. The summed E-state index contributed by atoms with van der Waals surface area (Å²) in [5, 5.41) is 22.4. The van der Waals surface area contributed by atoms with Crippen LogP contribution >= 0.6 is 0 Å². The Kier molecular flexibility index (Phi) is 6.99. The van der Waals surface area contributed by atoms with Crippen LogP contribution in [0.4, 0.5) is 19.0 Å². The lowest BCUT2D eigenvalue weighted by Crippen LogP contribution is -2.28. The largest absolute Gasteiger partial charge is 0.493 e. The zero-order valence-corrected chi connectivity index (χ0v) is 18.7. The number of rotatable bonds is 9. The summed E-state index contributed by atoms with van der Waals surface area (Å²) in [6, 6.07) is 6.90. The molecular formula is C23H26F3N3O4. The molecule has 1 aromatic heterocycles. The first-order chi connectivity index (χ1) is 15.4. The molecule has 0 saturated heterocycles. The SMILES string of the molecule is COc1cc2nc(C)nc(NCc3cccc(C(F)(F)CO)c3F)c2cc1OCC(C)(C)O. The van der Waals surface area contributed by atoms with Crippen molar-refractivity contribution in [2.75, 3.05) is 25.6 Å². The Bertz CT molecular complexity index is 1150. The molecule has 0 aliphatic carbocycles. The number of nitrogens with zero attached hydrogens (tertiary/aromatic N) is 2. The van der Waals surface area contributed by atoms with Crippen LogP contribution in [0.25, 0.3) is 10.9 Å². The zero-order chi connectivity index (χ0) is 24.4. The van der Waals surface area contributed by atoms with Crippen molar-refractivity contribution >= 4 is 16.7 Å². The summed E-state index contributed by atoms with van der Waals surface area (Å²) >= 11 is 0. The molecule has 0 spiro atoms. The number of fused-ring (bicyclic) bond motifs is 1. The first-order valence-electron chi connectivity index (χ1n) is 10.2. The lowest BCUT2D eigenvalue weighted by atomic mass is 10.0. The smallest absolute Gasteiger partial charge is 0.298 e. The number of hydrogen-bond donors (Lipinski definition) is 3. The summed E-state index contributed by atoms with van der Waals surface area (Å²) in [5.74, 6) is -3.28. The van der Waals surface area contributed by atoms with Crippen molar-refractivity contribution in [3.05, 3.63) is 53.1 Å². The fourth-order valence-electron chi connectivity index (χ4n) is 3.18. The predicted molar refractivity (Wildman–Crippen MR) is 117 cm³/mol. The van der Waals surface area contributed by atoms with E-state index in [0.717, 1.165) is 6.07 Å². The van der Waals surface area contributed by atoms with Crippen LogP contribution in [-0.2, 0) is 12.5 Å². The van der Waals surface area contributed by atoms with Crippen molar-refractivity contribution in [1.29, 1.82) is 0 Å². The Morgan fingerprint density at radius 2 is 1.85 bits per heavy atom. The van der Waals surface area contributed by atoms with Gasteiger partial charge in [0, 0.05) is 23.6 Å². The number of methoxy groups -OCH3 is 1. The van der Waals surface area contributed by atoms with Crippen LogP contribution in [0.2, 0.25) is 0 Å². The molecule has 33 heavy (non-hydrogen) atoms. The van der Waals surface area contributed by atoms with Crippen LogP contribution in [0.15, 0.2) is 30.3 Å². The number of alkyl halides is 2. The number of benzene rings is 2. The molecule has 2 aromatic carbocycles. The highest BCUT2D eigenvalue weighted by atomic mass is 19.3. The number of aromatic nitrogens is 2. The number of aliphatic hydroxyl groups excluding tert-OH is 1. The molecule has 0 amide bonds. The van der Waals surface area contributed by atoms with Gasteiger partial charge in [-0.25, -0.2) is 14.4 Å². The molecule has 0 unspecified atom stereocenters. The molecule has 10 heteroatoms. The van der Waals surface area contributed by atoms with Crippen molar-refractivity contribution in [3.8, 4) is 11.5 Å². The van der Waals surface area contributed by atoms with Gasteiger partial charge in [0.25, 0.3) is 5.92 Å². The highest BCUT2D eigenvalue weighted by molar-refractivity contribution is 5.91. The molecule has 3 N–H and O–H groups in total. The van der Waals surface area contributed by atoms with Crippen LogP contribution in [-0.4, -0.2) is 46.1 Å². The van der Waals surface area contributed by atoms with Crippen LogP contribution in [0, 0.1) is 12.7 Å². The number of aryl methyl sites for hydroxylation is 1. The molecule has 0 atom stereocenters. The van der Waals surface area contributed by atoms with E-state index in [1.807, 2.05) is 0 Å². The number of nitrogens with one attached hydrogen (secondary N) is 1. The van der Waals surface area contributed by atoms with Gasteiger partial charge in [-0.15, -0.1) is 0 Å². The first-order valence-corrected chi connectivity index (χ1v) is 10.2. The third-order valence-electron chi connectivity index (χ3n) is 4.79. The van der Waals surface area contributed by atoms with Crippen LogP contribution in [0.1, 0.15) is 30.8 Å². The average molecular weight is 465 g/mol. The van der Waals surface area contributed by atoms with Gasteiger partial charge < -0.3 is 25.0 Å². The standard InChI is InChI=1S/C23H26F3N3O4/c1-13-28-17-9-18(32-4)19(33-12-22(2,3)31)8-15(17)21(29-13)27-10-14-6-5-7-16(20(14)24)23(25,26)11-30/h5-9,30-31H,10-12H2,1-4H3,(H,27,28,29). The van der Waals surface area contributed by atoms with Gasteiger partial charge in [-0.3, -0.25) is 0 Å². The summed E-state index contributed by atoms with van der Waals surface area (Å²) in [6.07, 6.45) is 0. The van der Waals surface area contributed by atoms with Crippen LogP contribution < -0.4 is 14.8 Å². The summed E-state index contributed by atoms with van der Waals surface area (Å²) in [5.41, 5.74) is -1.44. The fraction of sp³-hybridized carbons (Fsp3) is 0.391. The topological polar surface area (TPSA) is 96.7 Å². The second kappa shape index (κ2) is 9.40. The monoisotopic (exact) mass is 465 g/mol. The molecule has 0 saturated carbocycles. The molecule has 0 fully saturated rings. The maximum Gasteiger partial charge on any atom is 0.298 e. The highest BCUT2D eigenvalue weighted by Gasteiger charge is 2.34. The van der Waals surface area contributed by atoms with Crippen molar-refractivity contribution in [1.82, 2.24) is 9.97 Å². The maximum absolute atomic E-state index is 14.7. The number of halogens is 3. The quantitative estimate of drug-likeness (QED) is 0.441. The molecule has 178 valence electrons. The lowest BCUT2D eigenvalue weighted by molar-refractivity contribution is -0.0583. The number of hydrogen-bond acceptors (Lipinski definition) is 7. The number of anilines is 1. The number of ether oxygens (including phenoxy) is 2.